The fraction of sp³-hybridized carbons (Fsp3) is 0.407. The summed E-state index contributed by atoms with van der Waals surface area (Å²) in [5.41, 5.74) is 16.9. The smallest absolute Gasteiger partial charge is 0.214 e. The number of primary amides is 1. The highest BCUT2D eigenvalue weighted by atomic mass is 32.1. The maximum Gasteiger partial charge on any atom is 0.214 e. The second-order valence-corrected chi connectivity index (χ2v) is 11.4. The van der Waals surface area contributed by atoms with E-state index in [9.17, 15) is 0 Å². The predicted octanol–water partition coefficient (Wildman–Crippen LogP) is 4.40. The molecule has 1 aromatic carbocycles. The van der Waals surface area contributed by atoms with Gasteiger partial charge in [0.25, 0.3) is 0 Å². The number of benzene rings is 1. The number of nitrogens with one attached hydrogen (secondary N) is 2. The molecule has 1 saturated heterocycles. The quantitative estimate of drug-likeness (QED) is 0.340. The standard InChI is InChI=1S/C26H32N6O2S.CH3NO/c1-25(2,3)21-12-22(32-34-21)30-18-6-4-17(5-7-18)20-13-35-24-19(28-16-29-20)8-9-23(31-24)33-15-26(14-27)10-11-26;2-1-3/h4-9,13,16,21H,10-12,14-15,27H2,1-3H3,(H,28,29)(H,30,32);1H,(H2,2,3). The zero-order valence-corrected chi connectivity index (χ0v) is 22.8. The van der Waals surface area contributed by atoms with Crippen molar-refractivity contribution in [3.63, 3.8) is 0 Å². The fourth-order valence-electron chi connectivity index (χ4n) is 3.79. The Labute approximate surface area is 226 Å². The topological polar surface area (TPSA) is 154 Å². The number of hydrogen-bond donors (Lipinski definition) is 4. The van der Waals surface area contributed by atoms with Crippen LogP contribution in [0.4, 0.5) is 5.69 Å². The summed E-state index contributed by atoms with van der Waals surface area (Å²) in [6, 6.07) is 11.9. The number of H-pyrrole nitrogens is 1. The van der Waals surface area contributed by atoms with Gasteiger partial charge in [-0.15, -0.1) is 11.3 Å². The summed E-state index contributed by atoms with van der Waals surface area (Å²) < 4.78 is 5.95. The van der Waals surface area contributed by atoms with E-state index in [4.69, 9.17) is 25.1 Å². The van der Waals surface area contributed by atoms with Gasteiger partial charge in [0.05, 0.1) is 30.4 Å². The van der Waals surface area contributed by atoms with Crippen molar-refractivity contribution in [3.05, 3.63) is 48.1 Å². The highest BCUT2D eigenvalue weighted by molar-refractivity contribution is 7.16. The minimum absolute atomic E-state index is 0.0634. The molecule has 2 fully saturated rings. The number of amides is 1. The van der Waals surface area contributed by atoms with Crippen molar-refractivity contribution in [1.82, 2.24) is 20.4 Å². The number of hydroxylamine groups is 1. The molecule has 202 valence electrons. The van der Waals surface area contributed by atoms with Crippen LogP contribution in [0, 0.1) is 10.8 Å². The molecule has 5 rings (SSSR count). The number of ether oxygens (including phenoxy) is 1. The molecule has 0 radical (unpaired) electrons. The Morgan fingerprint density at radius 3 is 2.61 bits per heavy atom. The number of aromatic nitrogens is 3. The first-order valence-corrected chi connectivity index (χ1v) is 13.4. The molecule has 1 aliphatic heterocycles. The second kappa shape index (κ2) is 11.9. The van der Waals surface area contributed by atoms with Crippen molar-refractivity contribution in [2.24, 2.45) is 27.3 Å². The lowest BCUT2D eigenvalue weighted by Crippen LogP contribution is -2.26. The first-order valence-electron chi connectivity index (χ1n) is 12.5. The minimum Gasteiger partial charge on any atom is -0.477 e. The Kier molecular flexibility index (Phi) is 8.60. The Bertz CT molecular complexity index is 1320. The van der Waals surface area contributed by atoms with E-state index in [1.807, 2.05) is 41.8 Å². The molecule has 0 spiro atoms. The van der Waals surface area contributed by atoms with Crippen LogP contribution in [0.1, 0.15) is 40.0 Å². The second-order valence-electron chi connectivity index (χ2n) is 10.5. The summed E-state index contributed by atoms with van der Waals surface area (Å²) in [6.45, 7) is 7.77. The number of pyridine rings is 1. The van der Waals surface area contributed by atoms with Gasteiger partial charge in [0.2, 0.25) is 12.3 Å². The zero-order chi connectivity index (χ0) is 27.2. The molecule has 11 heteroatoms. The van der Waals surface area contributed by atoms with Gasteiger partial charge in [0, 0.05) is 29.8 Å². The van der Waals surface area contributed by atoms with Crippen molar-refractivity contribution < 1.29 is 14.4 Å². The molecule has 1 amide bonds. The SMILES string of the molecule is CC(C)(C)C1CC(=Nc2ccc(-c3csc4nc(OCC5(CN)CC5)ccc4nc[nH]3)cc2)NO1.NC=O. The van der Waals surface area contributed by atoms with E-state index in [-0.39, 0.29) is 23.3 Å². The Morgan fingerprint density at radius 2 is 1.97 bits per heavy atom. The average molecular weight is 538 g/mol. The van der Waals surface area contributed by atoms with Crippen LogP contribution >= 0.6 is 11.3 Å². The first kappa shape index (κ1) is 27.5. The number of carbonyl (C=O) groups excluding carboxylic acids is 1. The van der Waals surface area contributed by atoms with Crippen LogP contribution in [0.2, 0.25) is 0 Å². The average Bonchev–Trinajstić information content (AvgIpc) is 3.51. The van der Waals surface area contributed by atoms with Crippen LogP contribution in [-0.2, 0) is 9.63 Å². The third-order valence-electron chi connectivity index (χ3n) is 6.55. The summed E-state index contributed by atoms with van der Waals surface area (Å²) in [6.07, 6.45) is 5.08. The Balaban J connectivity index is 0.00000107. The predicted molar refractivity (Wildman–Crippen MR) is 150 cm³/mol. The van der Waals surface area contributed by atoms with E-state index in [0.29, 0.717) is 19.0 Å². The molecule has 1 saturated carbocycles. The van der Waals surface area contributed by atoms with E-state index in [1.54, 1.807) is 6.33 Å². The van der Waals surface area contributed by atoms with Crippen LogP contribution in [-0.4, -0.2) is 46.5 Å². The van der Waals surface area contributed by atoms with Crippen LogP contribution < -0.4 is 21.7 Å². The van der Waals surface area contributed by atoms with Crippen molar-refractivity contribution in [1.29, 1.82) is 0 Å². The minimum atomic E-state index is 0.0634. The maximum absolute atomic E-state index is 8.58. The maximum atomic E-state index is 8.58. The van der Waals surface area contributed by atoms with E-state index in [2.05, 4.69) is 46.9 Å². The van der Waals surface area contributed by atoms with Gasteiger partial charge < -0.3 is 21.2 Å². The van der Waals surface area contributed by atoms with Gasteiger partial charge in [-0.2, -0.15) is 0 Å². The highest BCUT2D eigenvalue weighted by Gasteiger charge is 2.42. The van der Waals surface area contributed by atoms with Gasteiger partial charge >= 0.3 is 0 Å². The van der Waals surface area contributed by atoms with Crippen LogP contribution in [0.15, 0.2) is 53.1 Å². The Hall–Kier alpha value is -3.54. The molecule has 1 unspecified atom stereocenters. The molecule has 38 heavy (non-hydrogen) atoms. The number of amidine groups is 1. The van der Waals surface area contributed by atoms with Gasteiger partial charge in [-0.25, -0.2) is 15.0 Å². The van der Waals surface area contributed by atoms with E-state index in [0.717, 1.165) is 52.4 Å². The van der Waals surface area contributed by atoms with Crippen LogP contribution in [0.3, 0.4) is 0 Å². The molecule has 2 aliphatic rings. The number of rotatable bonds is 6. The van der Waals surface area contributed by atoms with E-state index in [1.165, 1.54) is 11.3 Å². The van der Waals surface area contributed by atoms with Gasteiger partial charge in [-0.1, -0.05) is 32.9 Å². The summed E-state index contributed by atoms with van der Waals surface area (Å²) in [5, 5.41) is 2.05. The largest absolute Gasteiger partial charge is 0.477 e. The summed E-state index contributed by atoms with van der Waals surface area (Å²) in [4.78, 5) is 32.3. The van der Waals surface area contributed by atoms with Gasteiger partial charge in [0.15, 0.2) is 0 Å². The number of carbonyl (C=O) groups is 1. The lowest BCUT2D eigenvalue weighted by molar-refractivity contribution is -0.106. The van der Waals surface area contributed by atoms with Crippen LogP contribution in [0.5, 0.6) is 5.88 Å². The first-order chi connectivity index (χ1) is 18.2. The van der Waals surface area contributed by atoms with E-state index >= 15 is 0 Å². The molecule has 0 bridgehead atoms. The molecule has 1 atom stereocenters. The molecule has 2 aromatic heterocycles. The lowest BCUT2D eigenvalue weighted by Gasteiger charge is -2.23. The number of nitrogens with zero attached hydrogens (tertiary/aromatic N) is 3. The molecule has 3 heterocycles. The van der Waals surface area contributed by atoms with Crippen LogP contribution in [0.25, 0.3) is 21.6 Å². The molecular formula is C27H35N7O3S. The monoisotopic (exact) mass is 537 g/mol. The molecule has 10 nitrogen and oxygen atoms in total. The van der Waals surface area contributed by atoms with Gasteiger partial charge in [-0.05, 0) is 42.0 Å². The van der Waals surface area contributed by atoms with Gasteiger partial charge in [-0.3, -0.25) is 15.1 Å². The third kappa shape index (κ3) is 7.06. The number of aliphatic imine (C=N–C) groups is 1. The summed E-state index contributed by atoms with van der Waals surface area (Å²) in [7, 11) is 0. The normalized spacial score (nSPS) is 18.7. The lowest BCUT2D eigenvalue weighted by atomic mass is 9.87. The Morgan fingerprint density at radius 1 is 1.24 bits per heavy atom. The number of aromatic amines is 1. The third-order valence-corrected chi connectivity index (χ3v) is 7.43. The van der Waals surface area contributed by atoms with E-state index < -0.39 is 0 Å². The number of hydrogen-bond acceptors (Lipinski definition) is 8. The highest BCUT2D eigenvalue weighted by Crippen LogP contribution is 2.44. The number of fused-ring (bicyclic) bond motifs is 1. The van der Waals surface area contributed by atoms with Crippen molar-refractivity contribution in [2.45, 2.75) is 46.1 Å². The number of nitrogens with two attached hydrogens (primary N) is 2. The molecular weight excluding hydrogens is 502 g/mol. The molecule has 1 aliphatic carbocycles. The summed E-state index contributed by atoms with van der Waals surface area (Å²) >= 11 is 1.52. The fourth-order valence-corrected chi connectivity index (χ4v) is 4.60. The molecule has 3 aromatic rings. The van der Waals surface area contributed by atoms with Crippen molar-refractivity contribution in [2.75, 3.05) is 13.2 Å². The zero-order valence-electron chi connectivity index (χ0n) is 21.9. The summed E-state index contributed by atoms with van der Waals surface area (Å²) in [5.74, 6) is 1.46. The van der Waals surface area contributed by atoms with Crippen molar-refractivity contribution in [3.8, 4) is 17.1 Å². The van der Waals surface area contributed by atoms with Crippen molar-refractivity contribution >= 4 is 39.6 Å². The molecule has 6 N–H and O–H groups in total. The van der Waals surface area contributed by atoms with Gasteiger partial charge in [0.1, 0.15) is 16.2 Å².